The molecule has 0 aromatic carbocycles. The minimum absolute atomic E-state index is 0.284. The average Bonchev–Trinajstić information content (AvgIpc) is 2.24. The van der Waals surface area contributed by atoms with Crippen molar-refractivity contribution in [2.24, 2.45) is 5.92 Å². The lowest BCUT2D eigenvalue weighted by atomic mass is 10.1. The van der Waals surface area contributed by atoms with Crippen molar-refractivity contribution in [3.63, 3.8) is 0 Å². The number of amides is 1. The van der Waals surface area contributed by atoms with E-state index >= 15 is 0 Å². The molecule has 0 fully saturated rings. The first-order chi connectivity index (χ1) is 9.03. The number of aliphatic hydroxyl groups excluding tert-OH is 1. The fourth-order valence-corrected chi connectivity index (χ4v) is 1.57. The van der Waals surface area contributed by atoms with Crippen molar-refractivity contribution in [2.75, 3.05) is 19.6 Å². The molecule has 5 heteroatoms. The first-order valence-corrected chi connectivity index (χ1v) is 7.42. The zero-order valence-electron chi connectivity index (χ0n) is 14.1. The molecule has 0 heterocycles. The highest BCUT2D eigenvalue weighted by molar-refractivity contribution is 5.68. The molecule has 0 saturated carbocycles. The third-order valence-electron chi connectivity index (χ3n) is 2.98. The molecule has 5 nitrogen and oxygen atoms in total. The second-order valence-electron chi connectivity index (χ2n) is 6.76. The van der Waals surface area contributed by atoms with E-state index in [2.05, 4.69) is 26.1 Å². The Hall–Kier alpha value is -0.810. The zero-order valence-corrected chi connectivity index (χ0v) is 14.1. The van der Waals surface area contributed by atoms with Gasteiger partial charge in [-0.2, -0.15) is 0 Å². The highest BCUT2D eigenvalue weighted by Crippen LogP contribution is 2.10. The minimum atomic E-state index is -0.565. The van der Waals surface area contributed by atoms with E-state index < -0.39 is 11.7 Å². The molecule has 0 bridgehead atoms. The molecule has 0 aliphatic heterocycles. The molecule has 0 saturated heterocycles. The van der Waals surface area contributed by atoms with E-state index in [1.165, 1.54) is 0 Å². The largest absolute Gasteiger partial charge is 0.444 e. The number of hydrogen-bond donors (Lipinski definition) is 2. The van der Waals surface area contributed by atoms with Gasteiger partial charge in [0, 0.05) is 25.7 Å². The summed E-state index contributed by atoms with van der Waals surface area (Å²) in [6.07, 6.45) is -0.942. The zero-order chi connectivity index (χ0) is 15.9. The summed E-state index contributed by atoms with van der Waals surface area (Å²) in [5.74, 6) is 0.543. The predicted molar refractivity (Wildman–Crippen MR) is 81.8 cm³/mol. The first kappa shape index (κ1) is 19.2. The number of aliphatic hydroxyl groups is 1. The Morgan fingerprint density at radius 2 is 1.80 bits per heavy atom. The predicted octanol–water partition coefficient (Wildman–Crippen LogP) is 2.24. The van der Waals surface area contributed by atoms with E-state index in [1.807, 2.05) is 20.8 Å². The second-order valence-corrected chi connectivity index (χ2v) is 6.76. The summed E-state index contributed by atoms with van der Waals surface area (Å²) >= 11 is 0. The number of nitrogens with zero attached hydrogens (tertiary/aromatic N) is 1. The average molecular weight is 288 g/mol. The van der Waals surface area contributed by atoms with Crippen molar-refractivity contribution in [1.82, 2.24) is 10.2 Å². The van der Waals surface area contributed by atoms with Gasteiger partial charge in [-0.15, -0.1) is 0 Å². The molecule has 0 aliphatic carbocycles. The second kappa shape index (κ2) is 8.47. The fourth-order valence-electron chi connectivity index (χ4n) is 1.57. The van der Waals surface area contributed by atoms with Crippen molar-refractivity contribution >= 4 is 6.09 Å². The molecular weight excluding hydrogens is 256 g/mol. The molecular formula is C15H32N2O3. The topological polar surface area (TPSA) is 61.8 Å². The van der Waals surface area contributed by atoms with Crippen LogP contribution >= 0.6 is 0 Å². The molecule has 0 aromatic rings. The van der Waals surface area contributed by atoms with E-state index in [0.717, 1.165) is 0 Å². The molecule has 1 amide bonds. The maximum Gasteiger partial charge on any atom is 0.410 e. The van der Waals surface area contributed by atoms with Crippen molar-refractivity contribution in [3.8, 4) is 0 Å². The van der Waals surface area contributed by atoms with Crippen molar-refractivity contribution in [3.05, 3.63) is 0 Å². The summed E-state index contributed by atoms with van der Waals surface area (Å²) in [5.41, 5.74) is -0.521. The summed E-state index contributed by atoms with van der Waals surface area (Å²) in [7, 11) is 0. The van der Waals surface area contributed by atoms with Crippen LogP contribution in [-0.2, 0) is 4.74 Å². The Bertz CT molecular complexity index is 285. The van der Waals surface area contributed by atoms with Crippen LogP contribution in [0.1, 0.15) is 48.5 Å². The molecule has 2 atom stereocenters. The van der Waals surface area contributed by atoms with Crippen molar-refractivity contribution in [1.29, 1.82) is 0 Å². The van der Waals surface area contributed by atoms with E-state index in [4.69, 9.17) is 4.74 Å². The summed E-state index contributed by atoms with van der Waals surface area (Å²) in [5, 5.41) is 12.9. The van der Waals surface area contributed by atoms with E-state index in [0.29, 0.717) is 25.0 Å². The van der Waals surface area contributed by atoms with Gasteiger partial charge < -0.3 is 20.1 Å². The van der Waals surface area contributed by atoms with Crippen molar-refractivity contribution in [2.45, 2.75) is 66.2 Å². The van der Waals surface area contributed by atoms with Crippen LogP contribution < -0.4 is 5.32 Å². The van der Waals surface area contributed by atoms with Gasteiger partial charge in [0.2, 0.25) is 0 Å². The molecule has 20 heavy (non-hydrogen) atoms. The molecule has 0 radical (unpaired) electrons. The molecule has 0 spiro atoms. The molecule has 120 valence electrons. The van der Waals surface area contributed by atoms with E-state index in [1.54, 1.807) is 11.8 Å². The molecule has 0 rings (SSSR count). The minimum Gasteiger partial charge on any atom is -0.444 e. The van der Waals surface area contributed by atoms with E-state index in [-0.39, 0.29) is 12.6 Å². The Labute approximate surface area is 123 Å². The standard InChI is InChI=1S/C15H32N2O3/c1-11(2)13(4)16-8-9-17(10-12(3)18)14(19)20-15(5,6)7/h11-13,16,18H,8-10H2,1-7H3. The highest BCUT2D eigenvalue weighted by Gasteiger charge is 2.23. The Balaban J connectivity index is 4.39. The summed E-state index contributed by atoms with van der Waals surface area (Å²) in [6, 6.07) is 0.391. The quantitative estimate of drug-likeness (QED) is 0.754. The van der Waals surface area contributed by atoms with Crippen molar-refractivity contribution < 1.29 is 14.6 Å². The summed E-state index contributed by atoms with van der Waals surface area (Å²) in [4.78, 5) is 13.6. The Kier molecular flexibility index (Phi) is 8.13. The third-order valence-corrected chi connectivity index (χ3v) is 2.98. The Morgan fingerprint density at radius 3 is 2.20 bits per heavy atom. The van der Waals surface area contributed by atoms with Crippen LogP contribution in [0.5, 0.6) is 0 Å². The Morgan fingerprint density at radius 1 is 1.25 bits per heavy atom. The van der Waals surface area contributed by atoms with Gasteiger partial charge in [-0.25, -0.2) is 4.79 Å². The van der Waals surface area contributed by atoms with Gasteiger partial charge in [0.15, 0.2) is 0 Å². The molecule has 2 unspecified atom stereocenters. The van der Waals surface area contributed by atoms with Gasteiger partial charge in [-0.05, 0) is 40.5 Å². The van der Waals surface area contributed by atoms with Gasteiger partial charge in [0.25, 0.3) is 0 Å². The summed E-state index contributed by atoms with van der Waals surface area (Å²) < 4.78 is 5.35. The number of nitrogens with one attached hydrogen (secondary N) is 1. The maximum atomic E-state index is 12.1. The lowest BCUT2D eigenvalue weighted by molar-refractivity contribution is 0.0162. The SMILES string of the molecule is CC(O)CN(CCNC(C)C(C)C)C(=O)OC(C)(C)C. The van der Waals surface area contributed by atoms with Gasteiger partial charge in [0.05, 0.1) is 6.10 Å². The number of ether oxygens (including phenoxy) is 1. The van der Waals surface area contributed by atoms with Crippen LogP contribution in [0.4, 0.5) is 4.79 Å². The van der Waals surface area contributed by atoms with Gasteiger partial charge in [0.1, 0.15) is 5.60 Å². The van der Waals surface area contributed by atoms with Crippen LogP contribution in [0.2, 0.25) is 0 Å². The van der Waals surface area contributed by atoms with Crippen LogP contribution in [0.25, 0.3) is 0 Å². The lowest BCUT2D eigenvalue weighted by Crippen LogP contribution is -2.45. The maximum absolute atomic E-state index is 12.1. The number of carbonyl (C=O) groups is 1. The van der Waals surface area contributed by atoms with E-state index in [9.17, 15) is 9.90 Å². The number of carbonyl (C=O) groups excluding carboxylic acids is 1. The molecule has 2 N–H and O–H groups in total. The normalized spacial score (nSPS) is 15.1. The fraction of sp³-hybridized carbons (Fsp3) is 0.933. The van der Waals surface area contributed by atoms with Gasteiger partial charge in [-0.1, -0.05) is 13.8 Å². The smallest absolute Gasteiger partial charge is 0.410 e. The van der Waals surface area contributed by atoms with Crippen LogP contribution in [0.15, 0.2) is 0 Å². The molecule has 0 aromatic heterocycles. The van der Waals surface area contributed by atoms with Crippen LogP contribution in [0.3, 0.4) is 0 Å². The number of rotatable bonds is 7. The lowest BCUT2D eigenvalue weighted by Gasteiger charge is -2.29. The monoisotopic (exact) mass is 288 g/mol. The van der Waals surface area contributed by atoms with Gasteiger partial charge in [-0.3, -0.25) is 0 Å². The van der Waals surface area contributed by atoms with Crippen LogP contribution in [-0.4, -0.2) is 53.5 Å². The molecule has 0 aliphatic rings. The third kappa shape index (κ3) is 9.15. The van der Waals surface area contributed by atoms with Gasteiger partial charge >= 0.3 is 6.09 Å². The highest BCUT2D eigenvalue weighted by atomic mass is 16.6. The summed E-state index contributed by atoms with van der Waals surface area (Å²) in [6.45, 7) is 15.1. The number of hydrogen-bond acceptors (Lipinski definition) is 4. The van der Waals surface area contributed by atoms with Crippen LogP contribution in [0, 0.1) is 5.92 Å². The first-order valence-electron chi connectivity index (χ1n) is 7.42.